The van der Waals surface area contributed by atoms with E-state index in [4.69, 9.17) is 4.74 Å². The number of rotatable bonds is 8. The van der Waals surface area contributed by atoms with Crippen molar-refractivity contribution in [2.45, 2.75) is 47.6 Å². The van der Waals surface area contributed by atoms with Gasteiger partial charge < -0.3 is 9.84 Å². The van der Waals surface area contributed by atoms with Crippen molar-refractivity contribution in [1.82, 2.24) is 4.90 Å². The molecule has 1 aromatic rings. The fourth-order valence-corrected chi connectivity index (χ4v) is 3.11. The van der Waals surface area contributed by atoms with Gasteiger partial charge in [-0.25, -0.2) is 0 Å². The van der Waals surface area contributed by atoms with E-state index >= 15 is 0 Å². The molecule has 0 heterocycles. The summed E-state index contributed by atoms with van der Waals surface area (Å²) in [6.45, 7) is 15.6. The minimum atomic E-state index is -0.522. The molecule has 0 aliphatic carbocycles. The Kier molecular flexibility index (Phi) is 7.37. The predicted octanol–water partition coefficient (Wildman–Crippen LogP) is 3.96. The van der Waals surface area contributed by atoms with Gasteiger partial charge in [0.25, 0.3) is 0 Å². The number of nitrogens with zero attached hydrogens (tertiary/aromatic N) is 1. The second-order valence-corrected chi connectivity index (χ2v) is 7.23. The minimum Gasteiger partial charge on any atom is -0.496 e. The predicted molar refractivity (Wildman–Crippen MR) is 93.5 cm³/mol. The Morgan fingerprint density at radius 1 is 1.00 bits per heavy atom. The minimum absolute atomic E-state index is 0.522. The molecule has 22 heavy (non-hydrogen) atoms. The van der Waals surface area contributed by atoms with E-state index in [1.54, 1.807) is 7.11 Å². The Labute approximate surface area is 136 Å². The summed E-state index contributed by atoms with van der Waals surface area (Å²) < 4.78 is 5.52. The maximum absolute atomic E-state index is 10.8. The molecule has 126 valence electrons. The molecule has 1 N–H and O–H groups in total. The van der Waals surface area contributed by atoms with Crippen molar-refractivity contribution in [3.05, 3.63) is 28.8 Å². The van der Waals surface area contributed by atoms with Crippen LogP contribution >= 0.6 is 0 Å². The standard InChI is InChI=1S/C19H33NO2/c1-13(2)10-20(11-14(3)4)12-18(21)17-9-15(5)8-16(6)19(17)22-7/h8-9,13-14,18,21H,10-12H2,1-7H3. The van der Waals surface area contributed by atoms with Crippen LogP contribution < -0.4 is 4.74 Å². The van der Waals surface area contributed by atoms with Crippen LogP contribution in [0.3, 0.4) is 0 Å². The summed E-state index contributed by atoms with van der Waals surface area (Å²) in [4.78, 5) is 2.36. The van der Waals surface area contributed by atoms with E-state index in [9.17, 15) is 5.11 Å². The number of aryl methyl sites for hydroxylation is 2. The summed E-state index contributed by atoms with van der Waals surface area (Å²) in [5, 5.41) is 10.8. The Bertz CT molecular complexity index is 459. The van der Waals surface area contributed by atoms with Crippen molar-refractivity contribution in [1.29, 1.82) is 0 Å². The molecular formula is C19H33NO2. The molecule has 0 bridgehead atoms. The SMILES string of the molecule is COc1c(C)cc(C)cc1C(O)CN(CC(C)C)CC(C)C. The van der Waals surface area contributed by atoms with E-state index in [1.165, 1.54) is 0 Å². The van der Waals surface area contributed by atoms with Crippen LogP contribution in [0.2, 0.25) is 0 Å². The third-order valence-corrected chi connectivity index (χ3v) is 3.69. The van der Waals surface area contributed by atoms with Crippen LogP contribution in [0, 0.1) is 25.7 Å². The van der Waals surface area contributed by atoms with Crippen LogP contribution in [0.5, 0.6) is 5.75 Å². The largest absolute Gasteiger partial charge is 0.496 e. The van der Waals surface area contributed by atoms with Gasteiger partial charge in [0.1, 0.15) is 5.75 Å². The highest BCUT2D eigenvalue weighted by atomic mass is 16.5. The van der Waals surface area contributed by atoms with Gasteiger partial charge in [0.15, 0.2) is 0 Å². The summed E-state index contributed by atoms with van der Waals surface area (Å²) in [6, 6.07) is 4.13. The first-order valence-electron chi connectivity index (χ1n) is 8.30. The highest BCUT2D eigenvalue weighted by Crippen LogP contribution is 2.30. The molecular weight excluding hydrogens is 274 g/mol. The highest BCUT2D eigenvalue weighted by Gasteiger charge is 2.20. The van der Waals surface area contributed by atoms with Crippen molar-refractivity contribution in [3.63, 3.8) is 0 Å². The molecule has 0 amide bonds. The maximum atomic E-state index is 10.8. The zero-order valence-corrected chi connectivity index (χ0v) is 15.3. The quantitative estimate of drug-likeness (QED) is 0.789. The van der Waals surface area contributed by atoms with Crippen molar-refractivity contribution in [3.8, 4) is 5.75 Å². The molecule has 0 aliphatic rings. The number of hydrogen-bond donors (Lipinski definition) is 1. The van der Waals surface area contributed by atoms with Crippen molar-refractivity contribution >= 4 is 0 Å². The molecule has 0 saturated carbocycles. The van der Waals surface area contributed by atoms with Gasteiger partial charge in [0, 0.05) is 25.2 Å². The topological polar surface area (TPSA) is 32.7 Å². The van der Waals surface area contributed by atoms with Crippen LogP contribution in [0.1, 0.15) is 50.5 Å². The summed E-state index contributed by atoms with van der Waals surface area (Å²) in [6.07, 6.45) is -0.522. The van der Waals surface area contributed by atoms with Crippen LogP contribution in [0.4, 0.5) is 0 Å². The van der Waals surface area contributed by atoms with Gasteiger partial charge in [-0.2, -0.15) is 0 Å². The number of methoxy groups -OCH3 is 1. The molecule has 0 aliphatic heterocycles. The lowest BCUT2D eigenvalue weighted by Crippen LogP contribution is -2.35. The third kappa shape index (κ3) is 5.62. The molecule has 0 aromatic heterocycles. The third-order valence-electron chi connectivity index (χ3n) is 3.69. The van der Waals surface area contributed by atoms with E-state index in [1.807, 2.05) is 13.0 Å². The smallest absolute Gasteiger partial charge is 0.127 e. The fraction of sp³-hybridized carbons (Fsp3) is 0.684. The molecule has 1 atom stereocenters. The summed E-state index contributed by atoms with van der Waals surface area (Å²) in [7, 11) is 1.67. The maximum Gasteiger partial charge on any atom is 0.127 e. The van der Waals surface area contributed by atoms with Gasteiger partial charge in [0.05, 0.1) is 13.2 Å². The summed E-state index contributed by atoms with van der Waals surface area (Å²) in [5.74, 6) is 1.99. The van der Waals surface area contributed by atoms with Gasteiger partial charge >= 0.3 is 0 Å². The average Bonchev–Trinajstić information content (AvgIpc) is 2.35. The van der Waals surface area contributed by atoms with E-state index in [2.05, 4.69) is 45.6 Å². The monoisotopic (exact) mass is 307 g/mol. The molecule has 0 fully saturated rings. The van der Waals surface area contributed by atoms with Crippen LogP contribution in [0.15, 0.2) is 12.1 Å². The van der Waals surface area contributed by atoms with E-state index in [0.29, 0.717) is 18.4 Å². The number of hydrogen-bond acceptors (Lipinski definition) is 3. The van der Waals surface area contributed by atoms with Gasteiger partial charge in [-0.15, -0.1) is 0 Å². The number of aliphatic hydroxyl groups excluding tert-OH is 1. The Balaban J connectivity index is 2.96. The lowest BCUT2D eigenvalue weighted by Gasteiger charge is -2.29. The molecule has 0 spiro atoms. The van der Waals surface area contributed by atoms with Gasteiger partial charge in [-0.1, -0.05) is 39.3 Å². The Morgan fingerprint density at radius 3 is 2.00 bits per heavy atom. The lowest BCUT2D eigenvalue weighted by molar-refractivity contribution is 0.0966. The molecule has 1 aromatic carbocycles. The summed E-state index contributed by atoms with van der Waals surface area (Å²) >= 11 is 0. The molecule has 3 nitrogen and oxygen atoms in total. The average molecular weight is 307 g/mol. The summed E-state index contributed by atoms with van der Waals surface area (Å²) in [5.41, 5.74) is 3.14. The van der Waals surface area contributed by atoms with Crippen LogP contribution in [0.25, 0.3) is 0 Å². The second-order valence-electron chi connectivity index (χ2n) is 7.23. The molecule has 0 radical (unpaired) electrons. The zero-order chi connectivity index (χ0) is 16.9. The fourth-order valence-electron chi connectivity index (χ4n) is 3.11. The Hall–Kier alpha value is -1.06. The van der Waals surface area contributed by atoms with Gasteiger partial charge in [0.2, 0.25) is 0 Å². The first-order valence-corrected chi connectivity index (χ1v) is 8.30. The first kappa shape index (κ1) is 19.0. The van der Waals surface area contributed by atoms with E-state index in [0.717, 1.165) is 35.5 Å². The van der Waals surface area contributed by atoms with E-state index < -0.39 is 6.10 Å². The van der Waals surface area contributed by atoms with Crippen molar-refractivity contribution in [2.75, 3.05) is 26.7 Å². The van der Waals surface area contributed by atoms with Crippen LogP contribution in [-0.4, -0.2) is 36.8 Å². The molecule has 0 saturated heterocycles. The first-order chi connectivity index (χ1) is 10.2. The number of benzene rings is 1. The lowest BCUT2D eigenvalue weighted by atomic mass is 10.00. The highest BCUT2D eigenvalue weighted by molar-refractivity contribution is 5.45. The molecule has 3 heteroatoms. The molecule has 1 unspecified atom stereocenters. The molecule has 1 rings (SSSR count). The van der Waals surface area contributed by atoms with E-state index in [-0.39, 0.29) is 0 Å². The van der Waals surface area contributed by atoms with Crippen LogP contribution in [-0.2, 0) is 0 Å². The number of aliphatic hydroxyl groups is 1. The second kappa shape index (κ2) is 8.54. The number of ether oxygens (including phenoxy) is 1. The van der Waals surface area contributed by atoms with Gasteiger partial charge in [-0.05, 0) is 37.3 Å². The van der Waals surface area contributed by atoms with Crippen molar-refractivity contribution in [2.24, 2.45) is 11.8 Å². The van der Waals surface area contributed by atoms with Crippen molar-refractivity contribution < 1.29 is 9.84 Å². The zero-order valence-electron chi connectivity index (χ0n) is 15.3. The Morgan fingerprint density at radius 2 is 1.55 bits per heavy atom. The van der Waals surface area contributed by atoms with Gasteiger partial charge in [-0.3, -0.25) is 4.90 Å². The normalized spacial score (nSPS) is 13.2.